The van der Waals surface area contributed by atoms with Crippen LogP contribution in [0.5, 0.6) is 0 Å². The molecular weight excluding hydrogens is 305 g/mol. The van der Waals surface area contributed by atoms with Gasteiger partial charge in [-0.3, -0.25) is 4.79 Å². The summed E-state index contributed by atoms with van der Waals surface area (Å²) in [7, 11) is 0. The molecule has 2 aromatic carbocycles. The van der Waals surface area contributed by atoms with Crippen molar-refractivity contribution in [2.75, 3.05) is 0 Å². The highest BCUT2D eigenvalue weighted by Crippen LogP contribution is 2.35. The maximum absolute atomic E-state index is 13.0. The van der Waals surface area contributed by atoms with Crippen molar-refractivity contribution in [1.29, 1.82) is 0 Å². The van der Waals surface area contributed by atoms with E-state index < -0.39 is 12.1 Å². The van der Waals surface area contributed by atoms with E-state index in [1.165, 1.54) is 35.4 Å². The average molecular weight is 327 g/mol. The van der Waals surface area contributed by atoms with Gasteiger partial charge >= 0.3 is 0 Å². The van der Waals surface area contributed by atoms with Gasteiger partial charge in [-0.15, -0.1) is 0 Å². The molecule has 3 rings (SSSR count). The lowest BCUT2D eigenvalue weighted by Gasteiger charge is -2.21. The van der Waals surface area contributed by atoms with Gasteiger partial charge in [0.15, 0.2) is 0 Å². The first-order valence-electron chi connectivity index (χ1n) is 8.35. The summed E-state index contributed by atoms with van der Waals surface area (Å²) >= 11 is 0. The van der Waals surface area contributed by atoms with E-state index in [-0.39, 0.29) is 17.6 Å². The molecule has 0 saturated carbocycles. The van der Waals surface area contributed by atoms with Gasteiger partial charge in [0.2, 0.25) is 5.91 Å². The molecule has 1 aliphatic carbocycles. The number of fused-ring (bicyclic) bond motifs is 1. The molecule has 24 heavy (non-hydrogen) atoms. The predicted molar refractivity (Wildman–Crippen MR) is 91.1 cm³/mol. The Labute approximate surface area is 141 Å². The van der Waals surface area contributed by atoms with E-state index in [2.05, 4.69) is 17.4 Å². The molecule has 0 heterocycles. The number of rotatable bonds is 5. The second-order valence-electron chi connectivity index (χ2n) is 6.49. The molecule has 126 valence electrons. The summed E-state index contributed by atoms with van der Waals surface area (Å²) < 4.78 is 13.0. The largest absolute Gasteiger partial charge is 0.386 e. The summed E-state index contributed by atoms with van der Waals surface area (Å²) in [6.45, 7) is 1.76. The van der Waals surface area contributed by atoms with E-state index in [0.717, 1.165) is 12.8 Å². The number of halogens is 1. The molecular formula is C20H22FNO2. The number of aliphatic hydroxyl groups excluding tert-OH is 1. The molecule has 2 aromatic rings. The van der Waals surface area contributed by atoms with Gasteiger partial charge in [0.1, 0.15) is 5.82 Å². The van der Waals surface area contributed by atoms with Gasteiger partial charge in [0, 0.05) is 6.42 Å². The quantitative estimate of drug-likeness (QED) is 0.883. The van der Waals surface area contributed by atoms with Crippen molar-refractivity contribution >= 4 is 5.91 Å². The van der Waals surface area contributed by atoms with Gasteiger partial charge in [0.05, 0.1) is 12.1 Å². The fraction of sp³-hybridized carbons (Fsp3) is 0.350. The van der Waals surface area contributed by atoms with Crippen LogP contribution in [0, 0.1) is 5.82 Å². The van der Waals surface area contributed by atoms with Crippen LogP contribution < -0.4 is 5.32 Å². The van der Waals surface area contributed by atoms with E-state index in [4.69, 9.17) is 0 Å². The lowest BCUT2D eigenvalue weighted by molar-refractivity contribution is -0.122. The first-order valence-corrected chi connectivity index (χ1v) is 8.35. The summed E-state index contributed by atoms with van der Waals surface area (Å²) in [5.41, 5.74) is 3.18. The molecule has 0 aliphatic heterocycles. The SMILES string of the molecule is CC(NC(=O)CC1CCc2ccccc21)C(O)c1ccc(F)cc1. The first kappa shape index (κ1) is 16.7. The Kier molecular flexibility index (Phi) is 4.95. The van der Waals surface area contributed by atoms with Crippen molar-refractivity contribution in [3.63, 3.8) is 0 Å². The monoisotopic (exact) mass is 327 g/mol. The fourth-order valence-corrected chi connectivity index (χ4v) is 3.42. The Morgan fingerprint density at radius 2 is 1.96 bits per heavy atom. The minimum Gasteiger partial charge on any atom is -0.386 e. The maximum atomic E-state index is 13.0. The van der Waals surface area contributed by atoms with Crippen LogP contribution >= 0.6 is 0 Å². The molecule has 0 saturated heterocycles. The summed E-state index contributed by atoms with van der Waals surface area (Å²) in [4.78, 5) is 12.3. The van der Waals surface area contributed by atoms with Gasteiger partial charge in [-0.05, 0) is 54.5 Å². The lowest BCUT2D eigenvalue weighted by Crippen LogP contribution is -2.37. The van der Waals surface area contributed by atoms with Crippen LogP contribution in [-0.2, 0) is 11.2 Å². The summed E-state index contributed by atoms with van der Waals surface area (Å²) in [5.74, 6) is -0.163. The topological polar surface area (TPSA) is 49.3 Å². The van der Waals surface area contributed by atoms with Crippen LogP contribution in [0.2, 0.25) is 0 Å². The van der Waals surface area contributed by atoms with Crippen LogP contribution in [-0.4, -0.2) is 17.1 Å². The fourth-order valence-electron chi connectivity index (χ4n) is 3.42. The number of nitrogens with one attached hydrogen (secondary N) is 1. The molecule has 0 radical (unpaired) electrons. The van der Waals surface area contributed by atoms with Crippen LogP contribution in [0.15, 0.2) is 48.5 Å². The smallest absolute Gasteiger partial charge is 0.220 e. The number of carbonyl (C=O) groups excluding carboxylic acids is 1. The number of carbonyl (C=O) groups is 1. The predicted octanol–water partition coefficient (Wildman–Crippen LogP) is 3.48. The standard InChI is InChI=1S/C20H22FNO2/c1-13(20(24)15-8-10-17(21)11-9-15)22-19(23)12-16-7-6-14-4-2-3-5-18(14)16/h2-5,8-11,13,16,20,24H,6-7,12H2,1H3,(H,22,23). The molecule has 3 nitrogen and oxygen atoms in total. The molecule has 0 aromatic heterocycles. The third kappa shape index (κ3) is 3.65. The highest BCUT2D eigenvalue weighted by molar-refractivity contribution is 5.77. The number of benzene rings is 2. The zero-order chi connectivity index (χ0) is 17.1. The Balaban J connectivity index is 1.58. The van der Waals surface area contributed by atoms with E-state index in [1.807, 2.05) is 12.1 Å². The number of hydrogen-bond acceptors (Lipinski definition) is 2. The number of aryl methyl sites for hydroxylation is 1. The minimum absolute atomic E-state index is 0.0645. The highest BCUT2D eigenvalue weighted by Gasteiger charge is 2.26. The van der Waals surface area contributed by atoms with Crippen LogP contribution in [0.4, 0.5) is 4.39 Å². The first-order chi connectivity index (χ1) is 11.5. The Hall–Kier alpha value is -2.20. The van der Waals surface area contributed by atoms with Gasteiger partial charge < -0.3 is 10.4 Å². The van der Waals surface area contributed by atoms with Crippen LogP contribution in [0.25, 0.3) is 0 Å². The van der Waals surface area contributed by atoms with Crippen molar-refractivity contribution in [3.8, 4) is 0 Å². The molecule has 1 aliphatic rings. The van der Waals surface area contributed by atoms with E-state index in [0.29, 0.717) is 12.0 Å². The third-order valence-corrected chi connectivity index (χ3v) is 4.76. The number of hydrogen-bond donors (Lipinski definition) is 2. The van der Waals surface area contributed by atoms with Crippen molar-refractivity contribution < 1.29 is 14.3 Å². The Morgan fingerprint density at radius 3 is 2.71 bits per heavy atom. The molecule has 1 amide bonds. The van der Waals surface area contributed by atoms with Crippen molar-refractivity contribution in [2.24, 2.45) is 0 Å². The summed E-state index contributed by atoms with van der Waals surface area (Å²) in [5, 5.41) is 13.2. The molecule has 3 atom stereocenters. The average Bonchev–Trinajstić information content (AvgIpc) is 2.98. The molecule has 2 N–H and O–H groups in total. The minimum atomic E-state index is -0.856. The number of aliphatic hydroxyl groups is 1. The second kappa shape index (κ2) is 7.14. The Bertz CT molecular complexity index is 714. The normalized spacial score (nSPS) is 18.7. The van der Waals surface area contributed by atoms with E-state index in [9.17, 15) is 14.3 Å². The molecule has 3 unspecified atom stereocenters. The number of amides is 1. The molecule has 0 spiro atoms. The summed E-state index contributed by atoms with van der Waals surface area (Å²) in [6.07, 6.45) is 1.58. The lowest BCUT2D eigenvalue weighted by atomic mass is 9.97. The zero-order valence-electron chi connectivity index (χ0n) is 13.7. The third-order valence-electron chi connectivity index (χ3n) is 4.76. The van der Waals surface area contributed by atoms with Gasteiger partial charge in [-0.25, -0.2) is 4.39 Å². The molecule has 4 heteroatoms. The highest BCUT2D eigenvalue weighted by atomic mass is 19.1. The van der Waals surface area contributed by atoms with Gasteiger partial charge in [-0.1, -0.05) is 36.4 Å². The van der Waals surface area contributed by atoms with E-state index in [1.54, 1.807) is 6.92 Å². The molecule has 0 bridgehead atoms. The van der Waals surface area contributed by atoms with Gasteiger partial charge in [-0.2, -0.15) is 0 Å². The maximum Gasteiger partial charge on any atom is 0.220 e. The van der Waals surface area contributed by atoms with Crippen LogP contribution in [0.1, 0.15) is 48.5 Å². The van der Waals surface area contributed by atoms with Gasteiger partial charge in [0.25, 0.3) is 0 Å². The van der Waals surface area contributed by atoms with E-state index >= 15 is 0 Å². The molecule has 0 fully saturated rings. The zero-order valence-corrected chi connectivity index (χ0v) is 13.7. The summed E-state index contributed by atoms with van der Waals surface area (Å²) in [6, 6.07) is 13.5. The van der Waals surface area contributed by atoms with Crippen molar-refractivity contribution in [1.82, 2.24) is 5.32 Å². The van der Waals surface area contributed by atoms with Crippen LogP contribution in [0.3, 0.4) is 0 Å². The van der Waals surface area contributed by atoms with Crippen molar-refractivity contribution in [3.05, 3.63) is 71.0 Å². The Morgan fingerprint density at radius 1 is 1.25 bits per heavy atom. The van der Waals surface area contributed by atoms with Crippen molar-refractivity contribution in [2.45, 2.75) is 44.2 Å². The second-order valence-corrected chi connectivity index (χ2v) is 6.49.